The Morgan fingerprint density at radius 3 is 2.03 bits per heavy atom. The van der Waals surface area contributed by atoms with E-state index in [9.17, 15) is 0 Å². The van der Waals surface area contributed by atoms with Gasteiger partial charge in [0.25, 0.3) is 0 Å². The molecule has 0 spiro atoms. The van der Waals surface area contributed by atoms with E-state index < -0.39 is 0 Å². The molecule has 3 rings (SSSR count). The van der Waals surface area contributed by atoms with Crippen LogP contribution in [0.5, 0.6) is 17.2 Å². The van der Waals surface area contributed by atoms with E-state index in [0.717, 1.165) is 36.4 Å². The molecule has 1 unspecified atom stereocenters. The van der Waals surface area contributed by atoms with Gasteiger partial charge in [-0.1, -0.05) is 35.8 Å². The van der Waals surface area contributed by atoms with Crippen LogP contribution in [0.15, 0.2) is 60.3 Å². The topological polar surface area (TPSA) is 24.9 Å². The van der Waals surface area contributed by atoms with Gasteiger partial charge in [-0.3, -0.25) is 0 Å². The lowest BCUT2D eigenvalue weighted by Gasteiger charge is -2.29. The van der Waals surface area contributed by atoms with Gasteiger partial charge < -0.3 is 19.3 Å². The second-order valence-electron chi connectivity index (χ2n) is 7.81. The van der Waals surface area contributed by atoms with Crippen molar-refractivity contribution in [1.82, 2.24) is 4.90 Å². The Labute approximate surface area is 203 Å². The van der Waals surface area contributed by atoms with Crippen molar-refractivity contribution >= 4 is 5.69 Å². The number of terminal acetylenes is 4. The molecule has 0 saturated heterocycles. The van der Waals surface area contributed by atoms with Crippen molar-refractivity contribution in [3.63, 3.8) is 0 Å². The Bertz CT molecular complexity index is 1140. The minimum absolute atomic E-state index is 0.0542. The molecule has 2 aromatic rings. The van der Waals surface area contributed by atoms with Crippen molar-refractivity contribution in [2.45, 2.75) is 25.4 Å². The second-order valence-corrected chi connectivity index (χ2v) is 7.81. The second kappa shape index (κ2) is 12.6. The third kappa shape index (κ3) is 6.81. The first-order valence-corrected chi connectivity index (χ1v) is 11.2. The Morgan fingerprint density at radius 2 is 1.35 bits per heavy atom. The zero-order chi connectivity index (χ0) is 24.2. The van der Waals surface area contributed by atoms with Crippen LogP contribution in [0.3, 0.4) is 0 Å². The fraction of sp³-hybridized carbons (Fsp3) is 0.267. The van der Waals surface area contributed by atoms with Gasteiger partial charge in [-0.2, -0.15) is 0 Å². The summed E-state index contributed by atoms with van der Waals surface area (Å²) in [4.78, 5) is 3.98. The van der Waals surface area contributed by atoms with Gasteiger partial charge in [-0.05, 0) is 49.6 Å². The molecule has 0 radical (unpaired) electrons. The summed E-state index contributed by atoms with van der Waals surface area (Å²) in [5.74, 6) is 12.7. The highest BCUT2D eigenvalue weighted by atomic mass is 16.5. The summed E-state index contributed by atoms with van der Waals surface area (Å²) in [5, 5.41) is 0. The van der Waals surface area contributed by atoms with Gasteiger partial charge in [0.05, 0.1) is 26.2 Å². The average molecular weight is 449 g/mol. The smallest absolute Gasteiger partial charge is 0.131 e. The number of rotatable bonds is 10. The van der Waals surface area contributed by atoms with Crippen LogP contribution in [0.1, 0.15) is 19.3 Å². The molecule has 170 valence electrons. The van der Waals surface area contributed by atoms with Crippen LogP contribution in [0.4, 0.5) is 5.69 Å². The lowest BCUT2D eigenvalue weighted by Crippen LogP contribution is -2.29. The molecule has 0 aromatic heterocycles. The van der Waals surface area contributed by atoms with Crippen molar-refractivity contribution in [2.75, 3.05) is 31.1 Å². The largest absolute Gasteiger partial charge is 0.486 e. The lowest BCUT2D eigenvalue weighted by atomic mass is 10.0. The molecule has 0 amide bonds. The molecule has 34 heavy (non-hydrogen) atoms. The number of allylic oxidation sites excluding steroid dienone is 1. The molecule has 0 N–H and O–H groups in total. The fourth-order valence-electron chi connectivity index (χ4n) is 3.83. The Kier molecular flexibility index (Phi) is 9.00. The van der Waals surface area contributed by atoms with Crippen LogP contribution in [0, 0.1) is 49.4 Å². The van der Waals surface area contributed by atoms with Gasteiger partial charge in [-0.15, -0.1) is 25.7 Å². The number of benzene rings is 2. The zero-order valence-corrected chi connectivity index (χ0v) is 19.2. The average Bonchev–Trinajstić information content (AvgIpc) is 2.84. The van der Waals surface area contributed by atoms with Crippen LogP contribution < -0.4 is 14.4 Å². The highest BCUT2D eigenvalue weighted by Gasteiger charge is 2.19. The molecule has 0 saturated carbocycles. The number of hydrogen-bond donors (Lipinski definition) is 0. The normalized spacial score (nSPS) is 14.4. The molecule has 0 bridgehead atoms. The molecule has 4 heteroatoms. The van der Waals surface area contributed by atoms with Crippen LogP contribution >= 0.6 is 0 Å². The molecule has 4 nitrogen and oxygen atoms in total. The van der Waals surface area contributed by atoms with E-state index in [1.165, 1.54) is 0 Å². The molecular formula is C30H28N2O2. The summed E-state index contributed by atoms with van der Waals surface area (Å²) in [6.07, 6.45) is 26.9. The number of ether oxygens (including phenoxy) is 2. The number of nitrogens with zero attached hydrogens (tertiary/aromatic N) is 2. The summed E-state index contributed by atoms with van der Waals surface area (Å²) in [6, 6.07) is 15.3. The Hall–Kier alpha value is -4.38. The summed E-state index contributed by atoms with van der Waals surface area (Å²) >= 11 is 0. The maximum absolute atomic E-state index is 6.26. The van der Waals surface area contributed by atoms with Gasteiger partial charge in [-0.25, -0.2) is 0 Å². The molecule has 1 aliphatic rings. The van der Waals surface area contributed by atoms with Gasteiger partial charge in [0.1, 0.15) is 23.4 Å². The lowest BCUT2D eigenvalue weighted by molar-refractivity contribution is 0.217. The first-order chi connectivity index (χ1) is 16.7. The molecule has 0 aliphatic heterocycles. The quantitative estimate of drug-likeness (QED) is 0.481. The van der Waals surface area contributed by atoms with Crippen molar-refractivity contribution in [3.05, 3.63) is 60.3 Å². The van der Waals surface area contributed by atoms with Crippen LogP contribution in [0.2, 0.25) is 0 Å². The van der Waals surface area contributed by atoms with Crippen LogP contribution in [0.25, 0.3) is 0 Å². The molecular weight excluding hydrogens is 420 g/mol. The third-order valence-electron chi connectivity index (χ3n) is 5.35. The predicted molar refractivity (Wildman–Crippen MR) is 138 cm³/mol. The van der Waals surface area contributed by atoms with Gasteiger partial charge >= 0.3 is 0 Å². The number of anilines is 1. The van der Waals surface area contributed by atoms with E-state index in [1.54, 1.807) is 0 Å². The monoisotopic (exact) mass is 448 g/mol. The van der Waals surface area contributed by atoms with Gasteiger partial charge in [0.15, 0.2) is 0 Å². The van der Waals surface area contributed by atoms with Crippen molar-refractivity contribution in [3.8, 4) is 66.6 Å². The minimum atomic E-state index is -0.0542. The first kappa shape index (κ1) is 24.3. The van der Waals surface area contributed by atoms with Crippen molar-refractivity contribution in [1.29, 1.82) is 0 Å². The fourth-order valence-corrected chi connectivity index (χ4v) is 3.83. The SMILES string of the molecule is C#CCN(CC#C)C1=CC(Oc2cccc(Oc3cccc(N(CC#C)CC#C)c3)c2)CCC1. The van der Waals surface area contributed by atoms with E-state index in [0.29, 0.717) is 37.7 Å². The highest BCUT2D eigenvalue weighted by Crippen LogP contribution is 2.30. The minimum Gasteiger partial charge on any atom is -0.486 e. The molecule has 1 atom stereocenters. The third-order valence-corrected chi connectivity index (χ3v) is 5.35. The highest BCUT2D eigenvalue weighted by molar-refractivity contribution is 5.53. The van der Waals surface area contributed by atoms with E-state index in [-0.39, 0.29) is 6.10 Å². The Morgan fingerprint density at radius 1 is 0.765 bits per heavy atom. The van der Waals surface area contributed by atoms with E-state index in [2.05, 4.69) is 29.8 Å². The number of hydrogen-bond acceptors (Lipinski definition) is 4. The maximum atomic E-state index is 6.26. The summed E-state index contributed by atoms with van der Waals surface area (Å²) < 4.78 is 12.4. The van der Waals surface area contributed by atoms with E-state index >= 15 is 0 Å². The molecule has 0 fully saturated rings. The zero-order valence-electron chi connectivity index (χ0n) is 19.2. The van der Waals surface area contributed by atoms with Crippen molar-refractivity contribution in [2.24, 2.45) is 0 Å². The van der Waals surface area contributed by atoms with E-state index in [4.69, 9.17) is 35.2 Å². The van der Waals surface area contributed by atoms with Crippen LogP contribution in [-0.4, -0.2) is 37.2 Å². The van der Waals surface area contributed by atoms with Crippen LogP contribution in [-0.2, 0) is 0 Å². The molecule has 0 heterocycles. The molecule has 1 aliphatic carbocycles. The van der Waals surface area contributed by atoms with Gasteiger partial charge in [0.2, 0.25) is 0 Å². The summed E-state index contributed by atoms with van der Waals surface area (Å²) in [7, 11) is 0. The predicted octanol–water partition coefficient (Wildman–Crippen LogP) is 4.94. The summed E-state index contributed by atoms with van der Waals surface area (Å²) in [5.41, 5.74) is 2.05. The first-order valence-electron chi connectivity index (χ1n) is 11.2. The van der Waals surface area contributed by atoms with Gasteiger partial charge in [0, 0.05) is 23.5 Å². The molecule has 2 aromatic carbocycles. The maximum Gasteiger partial charge on any atom is 0.131 e. The van der Waals surface area contributed by atoms with E-state index in [1.807, 2.05) is 58.3 Å². The summed E-state index contributed by atoms with van der Waals surface area (Å²) in [6.45, 7) is 1.83. The Balaban J connectivity index is 1.71. The van der Waals surface area contributed by atoms with Crippen molar-refractivity contribution < 1.29 is 9.47 Å². The standard InChI is InChI=1S/C30H28N2O2/c1-5-18-31(19-6-2)25-12-9-14-27(22-25)33-29-16-11-17-30(24-29)34-28-15-10-13-26(23-28)32(20-7-3)21-8-4/h1-4,9,11-12,14,16-17,22-24,28H,10,13,15,18-21H2.